The van der Waals surface area contributed by atoms with Crippen LogP contribution in [-0.4, -0.2) is 21.6 Å². The van der Waals surface area contributed by atoms with Gasteiger partial charge in [0.05, 0.1) is 0 Å². The molecule has 0 atom stereocenters. The van der Waals surface area contributed by atoms with Crippen LogP contribution < -0.4 is 0 Å². The second-order valence-electron chi connectivity index (χ2n) is 10.2. The van der Waals surface area contributed by atoms with Gasteiger partial charge in [-0.3, -0.25) is 0 Å². The fraction of sp³-hybridized carbons (Fsp3) is 1.00. The molecule has 0 spiro atoms. The molecule has 0 nitrogen and oxygen atoms in total. The average molecular weight is 317 g/mol. The molecular weight excluding hydrogens is 271 g/mol. The van der Waals surface area contributed by atoms with E-state index in [1.165, 1.54) is 44.7 Å². The average Bonchev–Trinajstić information content (AvgIpc) is 2.22. The quantitative estimate of drug-likeness (QED) is 0.337. The fourth-order valence-corrected chi connectivity index (χ4v) is 15.5. The van der Waals surface area contributed by atoms with Crippen LogP contribution in [0, 0.1) is 0 Å². The van der Waals surface area contributed by atoms with Crippen molar-refractivity contribution in [1.82, 2.24) is 0 Å². The van der Waals surface area contributed by atoms with Gasteiger partial charge in [-0.25, -0.2) is 0 Å². The molecule has 0 saturated heterocycles. The van der Waals surface area contributed by atoms with Crippen LogP contribution in [-0.2, 0) is 0 Å². The predicted molar refractivity (Wildman–Crippen MR) is 106 cm³/mol. The van der Waals surface area contributed by atoms with Crippen molar-refractivity contribution in [3.05, 3.63) is 0 Å². The van der Waals surface area contributed by atoms with E-state index in [0.29, 0.717) is 15.5 Å². The molecule has 0 amide bonds. The summed E-state index contributed by atoms with van der Waals surface area (Å²) in [5, 5.41) is 1.40. The van der Waals surface area contributed by atoms with Crippen molar-refractivity contribution in [3.63, 3.8) is 0 Å². The first kappa shape index (κ1) is 21.4. The van der Waals surface area contributed by atoms with Crippen LogP contribution in [0.15, 0.2) is 0 Å². The third kappa shape index (κ3) is 5.23. The van der Waals surface area contributed by atoms with Crippen LogP contribution in [0.2, 0.25) is 0 Å². The molecule has 0 fully saturated rings. The van der Waals surface area contributed by atoms with Crippen LogP contribution in [0.25, 0.3) is 0 Å². The summed E-state index contributed by atoms with van der Waals surface area (Å²) in [5.74, 6) is 0. The predicted octanol–water partition coefficient (Wildman–Crippen LogP) is 7.49. The summed E-state index contributed by atoms with van der Waals surface area (Å²) < 4.78 is 0. The first-order chi connectivity index (χ1) is 9.31. The maximum atomic E-state index is 2.52. The minimum absolute atomic E-state index is 0.465. The Labute approximate surface area is 137 Å². The fourth-order valence-electron chi connectivity index (χ4n) is 5.67. The van der Waals surface area contributed by atoms with Crippen LogP contribution in [0.1, 0.15) is 108 Å². The molecule has 0 aliphatic carbocycles. The van der Waals surface area contributed by atoms with Gasteiger partial charge in [-0.15, -0.1) is 0 Å². The molecule has 1 heteroatoms. The van der Waals surface area contributed by atoms with Gasteiger partial charge in [-0.2, -0.15) is 0 Å². The van der Waals surface area contributed by atoms with Gasteiger partial charge in [0.25, 0.3) is 0 Å². The Balaban J connectivity index is 5.08. The topological polar surface area (TPSA) is 0 Å². The van der Waals surface area contributed by atoms with E-state index in [1.807, 2.05) is 0 Å². The Morgan fingerprint density at radius 1 is 0.524 bits per heavy atom. The number of unbranched alkanes of at least 4 members (excludes halogenated alkanes) is 5. The Kier molecular flexibility index (Phi) is 7.97. The van der Waals surface area contributed by atoms with Crippen molar-refractivity contribution in [2.45, 2.75) is 123 Å². The minimum atomic E-state index is -1.47. The van der Waals surface area contributed by atoms with E-state index in [-0.39, 0.29) is 0 Å². The molecule has 0 radical (unpaired) electrons. The van der Waals surface area contributed by atoms with Gasteiger partial charge in [-0.1, -0.05) is 0 Å². The summed E-state index contributed by atoms with van der Waals surface area (Å²) >= 11 is 0. The first-order valence-corrected chi connectivity index (χ1v) is 11.5. The summed E-state index contributed by atoms with van der Waals surface area (Å²) in [7, 11) is -1.47. The molecule has 0 saturated carbocycles. The van der Waals surface area contributed by atoms with Crippen molar-refractivity contribution < 1.29 is 0 Å². The van der Waals surface area contributed by atoms with Gasteiger partial charge in [0.1, 0.15) is 0 Å². The monoisotopic (exact) mass is 316 g/mol. The van der Waals surface area contributed by atoms with Crippen molar-refractivity contribution in [2.75, 3.05) is 6.16 Å². The molecule has 0 N–H and O–H groups in total. The normalized spacial score (nSPS) is 15.3. The molecule has 0 bridgehead atoms. The molecule has 0 rings (SSSR count). The number of rotatable bonds is 7. The van der Waals surface area contributed by atoms with Gasteiger partial charge >= 0.3 is 137 Å². The molecular formula is C20H45P. The van der Waals surface area contributed by atoms with Gasteiger partial charge < -0.3 is 0 Å². The standard InChI is InChI=1S/C20H45P/c1-11-12-13-14-15-16-17-21(18(2,3)4,19(5,6)7)20(8,9)10/h21H,11-17H2,1-10H3. The van der Waals surface area contributed by atoms with E-state index in [0.717, 1.165) is 0 Å². The van der Waals surface area contributed by atoms with Crippen molar-refractivity contribution in [3.8, 4) is 0 Å². The van der Waals surface area contributed by atoms with Gasteiger partial charge in [0.15, 0.2) is 0 Å². The second-order valence-corrected chi connectivity index (χ2v) is 17.0. The molecule has 0 unspecified atom stereocenters. The van der Waals surface area contributed by atoms with Crippen molar-refractivity contribution in [1.29, 1.82) is 0 Å². The number of hydrogen-bond acceptors (Lipinski definition) is 0. The third-order valence-electron chi connectivity index (χ3n) is 5.75. The molecule has 0 heterocycles. The van der Waals surface area contributed by atoms with Gasteiger partial charge in [-0.05, 0) is 0 Å². The zero-order valence-corrected chi connectivity index (χ0v) is 17.9. The molecule has 21 heavy (non-hydrogen) atoms. The summed E-state index contributed by atoms with van der Waals surface area (Å²) in [6.45, 7) is 25.0. The van der Waals surface area contributed by atoms with Crippen LogP contribution in [0.4, 0.5) is 0 Å². The molecule has 0 aromatic rings. The molecule has 0 aromatic heterocycles. The summed E-state index contributed by atoms with van der Waals surface area (Å²) in [6, 6.07) is 0. The zero-order chi connectivity index (χ0) is 16.9. The Morgan fingerprint density at radius 2 is 0.857 bits per heavy atom. The first-order valence-electron chi connectivity index (χ1n) is 9.31. The summed E-state index contributed by atoms with van der Waals surface area (Å²) in [5.41, 5.74) is 0. The van der Waals surface area contributed by atoms with Gasteiger partial charge in [0.2, 0.25) is 0 Å². The van der Waals surface area contributed by atoms with Crippen LogP contribution >= 0.6 is 7.26 Å². The van der Waals surface area contributed by atoms with E-state index < -0.39 is 7.26 Å². The van der Waals surface area contributed by atoms with E-state index >= 15 is 0 Å². The molecule has 0 aliphatic heterocycles. The molecule has 130 valence electrons. The maximum absolute atomic E-state index is 2.52. The number of hydrogen-bond donors (Lipinski definition) is 0. The molecule has 0 aromatic carbocycles. The van der Waals surface area contributed by atoms with E-state index in [9.17, 15) is 0 Å². The summed E-state index contributed by atoms with van der Waals surface area (Å²) in [4.78, 5) is 0. The van der Waals surface area contributed by atoms with Gasteiger partial charge in [0, 0.05) is 0 Å². The zero-order valence-electron chi connectivity index (χ0n) is 16.9. The Morgan fingerprint density at radius 3 is 1.19 bits per heavy atom. The van der Waals surface area contributed by atoms with Crippen molar-refractivity contribution in [2.24, 2.45) is 0 Å². The Hall–Kier alpha value is 0.430. The third-order valence-corrected chi connectivity index (χ3v) is 14.5. The SMILES string of the molecule is CCCCCCCC[PH](C(C)(C)C)(C(C)(C)C)C(C)(C)C. The van der Waals surface area contributed by atoms with E-state index in [4.69, 9.17) is 0 Å². The van der Waals surface area contributed by atoms with E-state index in [1.54, 1.807) is 0 Å². The Bertz CT molecular complexity index is 246. The van der Waals surface area contributed by atoms with Crippen LogP contribution in [0.3, 0.4) is 0 Å². The summed E-state index contributed by atoms with van der Waals surface area (Å²) in [6.07, 6.45) is 10.0. The molecule has 0 aliphatic rings. The second kappa shape index (κ2) is 7.81. The van der Waals surface area contributed by atoms with Crippen molar-refractivity contribution >= 4 is 7.26 Å². The van der Waals surface area contributed by atoms with E-state index in [2.05, 4.69) is 69.2 Å². The van der Waals surface area contributed by atoms with Crippen LogP contribution in [0.5, 0.6) is 0 Å².